The van der Waals surface area contributed by atoms with Gasteiger partial charge in [0.25, 0.3) is 0 Å². The molecule has 0 heterocycles. The first-order valence-electron chi connectivity index (χ1n) is 4.83. The Morgan fingerprint density at radius 2 is 1.86 bits per heavy atom. The minimum Gasteiger partial charge on any atom is -0.381 e. The lowest BCUT2D eigenvalue weighted by atomic mass is 9.88. The monoisotopic (exact) mass is 190 g/mol. The molecule has 0 aliphatic rings. The lowest BCUT2D eigenvalue weighted by molar-refractivity contribution is 0.111. The highest BCUT2D eigenvalue weighted by molar-refractivity contribution is 5.41. The molecule has 1 heteroatoms. The van der Waals surface area contributed by atoms with Crippen molar-refractivity contribution in [2.24, 2.45) is 0 Å². The largest absolute Gasteiger partial charge is 0.381 e. The zero-order valence-corrected chi connectivity index (χ0v) is 9.39. The zero-order valence-electron chi connectivity index (χ0n) is 9.39. The summed E-state index contributed by atoms with van der Waals surface area (Å²) in [7, 11) is 0. The van der Waals surface area contributed by atoms with Gasteiger partial charge in [0.15, 0.2) is 0 Å². The number of hydrogen-bond acceptors (Lipinski definition) is 1. The van der Waals surface area contributed by atoms with Crippen LogP contribution in [0.4, 0.5) is 0 Å². The highest BCUT2D eigenvalue weighted by Gasteiger charge is 2.21. The third-order valence-corrected chi connectivity index (χ3v) is 2.75. The van der Waals surface area contributed by atoms with Crippen molar-refractivity contribution in [3.8, 4) is 0 Å². The fourth-order valence-corrected chi connectivity index (χ4v) is 1.68. The van der Waals surface area contributed by atoms with E-state index in [1.807, 2.05) is 19.9 Å². The molecule has 0 fully saturated rings. The lowest BCUT2D eigenvalue weighted by Crippen LogP contribution is -2.19. The molecule has 0 spiro atoms. The summed E-state index contributed by atoms with van der Waals surface area (Å²) in [4.78, 5) is 0. The summed E-state index contributed by atoms with van der Waals surface area (Å²) in [6, 6.07) is 4.14. The molecule has 14 heavy (non-hydrogen) atoms. The van der Waals surface area contributed by atoms with Crippen LogP contribution in [0.1, 0.15) is 29.2 Å². The molecule has 0 aliphatic heterocycles. The van der Waals surface area contributed by atoms with Crippen LogP contribution in [0, 0.1) is 20.8 Å². The van der Waals surface area contributed by atoms with Gasteiger partial charge < -0.3 is 5.11 Å². The topological polar surface area (TPSA) is 20.2 Å². The number of rotatable bonds is 2. The van der Waals surface area contributed by atoms with Crippen molar-refractivity contribution in [3.05, 3.63) is 47.0 Å². The average Bonchev–Trinajstić information content (AvgIpc) is 2.11. The summed E-state index contributed by atoms with van der Waals surface area (Å²) >= 11 is 0. The molecule has 0 bridgehead atoms. The molecular formula is C13H18O. The molecule has 0 radical (unpaired) electrons. The van der Waals surface area contributed by atoms with Crippen LogP contribution in [-0.2, 0) is 5.60 Å². The Kier molecular flexibility index (Phi) is 2.81. The maximum absolute atomic E-state index is 10.1. The van der Waals surface area contributed by atoms with Gasteiger partial charge in [-0.25, -0.2) is 0 Å². The van der Waals surface area contributed by atoms with Crippen molar-refractivity contribution in [1.29, 1.82) is 0 Å². The Bertz CT molecular complexity index is 362. The van der Waals surface area contributed by atoms with Crippen molar-refractivity contribution in [2.75, 3.05) is 0 Å². The van der Waals surface area contributed by atoms with E-state index < -0.39 is 5.60 Å². The van der Waals surface area contributed by atoms with Gasteiger partial charge in [0, 0.05) is 0 Å². The molecule has 0 aromatic heterocycles. The number of aryl methyl sites for hydroxylation is 2. The molecule has 1 unspecified atom stereocenters. The Hall–Kier alpha value is -1.08. The first-order valence-corrected chi connectivity index (χ1v) is 4.83. The van der Waals surface area contributed by atoms with Crippen LogP contribution >= 0.6 is 0 Å². The van der Waals surface area contributed by atoms with E-state index in [4.69, 9.17) is 0 Å². The molecule has 0 amide bonds. The van der Waals surface area contributed by atoms with Crippen LogP contribution in [0.3, 0.4) is 0 Å². The zero-order chi connectivity index (χ0) is 10.9. The third-order valence-electron chi connectivity index (χ3n) is 2.75. The fraction of sp³-hybridized carbons (Fsp3) is 0.385. The van der Waals surface area contributed by atoms with Gasteiger partial charge >= 0.3 is 0 Å². The summed E-state index contributed by atoms with van der Waals surface area (Å²) in [6.45, 7) is 11.6. The average molecular weight is 190 g/mol. The highest BCUT2D eigenvalue weighted by Crippen LogP contribution is 2.27. The van der Waals surface area contributed by atoms with E-state index in [9.17, 15) is 5.11 Å². The van der Waals surface area contributed by atoms with E-state index in [1.165, 1.54) is 11.1 Å². The van der Waals surface area contributed by atoms with Gasteiger partial charge in [-0.1, -0.05) is 30.4 Å². The molecular weight excluding hydrogens is 172 g/mol. The van der Waals surface area contributed by atoms with Gasteiger partial charge in [0.1, 0.15) is 5.60 Å². The third kappa shape index (κ3) is 1.88. The van der Waals surface area contributed by atoms with E-state index >= 15 is 0 Å². The van der Waals surface area contributed by atoms with Gasteiger partial charge in [-0.05, 0) is 44.4 Å². The van der Waals surface area contributed by atoms with Crippen molar-refractivity contribution >= 4 is 0 Å². The van der Waals surface area contributed by atoms with Crippen molar-refractivity contribution < 1.29 is 5.11 Å². The molecule has 0 saturated carbocycles. The summed E-state index contributed by atoms with van der Waals surface area (Å²) < 4.78 is 0. The van der Waals surface area contributed by atoms with Gasteiger partial charge in [-0.3, -0.25) is 0 Å². The smallest absolute Gasteiger partial charge is 0.105 e. The standard InChI is InChI=1S/C13H18O/c1-6-13(5,14)12-8-9(2)7-10(3)11(12)4/h6-8,14H,1H2,2-5H3. The minimum absolute atomic E-state index is 0.930. The predicted molar refractivity (Wildman–Crippen MR) is 60.4 cm³/mol. The Morgan fingerprint density at radius 3 is 2.36 bits per heavy atom. The Labute approximate surface area is 86.1 Å². The van der Waals surface area contributed by atoms with Crippen molar-refractivity contribution in [2.45, 2.75) is 33.3 Å². The second kappa shape index (κ2) is 3.58. The van der Waals surface area contributed by atoms with Crippen molar-refractivity contribution in [1.82, 2.24) is 0 Å². The van der Waals surface area contributed by atoms with E-state index in [0.717, 1.165) is 11.1 Å². The van der Waals surface area contributed by atoms with E-state index in [2.05, 4.69) is 19.6 Å². The molecule has 1 aromatic rings. The number of aliphatic hydroxyl groups is 1. The van der Waals surface area contributed by atoms with Gasteiger partial charge in [0.2, 0.25) is 0 Å². The lowest BCUT2D eigenvalue weighted by Gasteiger charge is -2.23. The van der Waals surface area contributed by atoms with Crippen LogP contribution < -0.4 is 0 Å². The predicted octanol–water partition coefficient (Wildman–Crippen LogP) is 3.01. The molecule has 1 rings (SSSR count). The van der Waals surface area contributed by atoms with Gasteiger partial charge in [-0.2, -0.15) is 0 Å². The SMILES string of the molecule is C=CC(C)(O)c1cc(C)cc(C)c1C. The van der Waals surface area contributed by atoms with Crippen LogP contribution in [0.5, 0.6) is 0 Å². The second-order valence-corrected chi connectivity index (χ2v) is 4.11. The molecule has 1 atom stereocenters. The Balaban J connectivity index is 3.41. The Morgan fingerprint density at radius 1 is 1.29 bits per heavy atom. The van der Waals surface area contributed by atoms with Crippen LogP contribution in [0.2, 0.25) is 0 Å². The molecule has 0 aliphatic carbocycles. The van der Waals surface area contributed by atoms with Gasteiger partial charge in [-0.15, -0.1) is 0 Å². The maximum Gasteiger partial charge on any atom is 0.105 e. The van der Waals surface area contributed by atoms with Crippen LogP contribution in [0.25, 0.3) is 0 Å². The number of benzene rings is 1. The molecule has 76 valence electrons. The summed E-state index contributed by atoms with van der Waals surface area (Å²) in [5.74, 6) is 0. The summed E-state index contributed by atoms with van der Waals surface area (Å²) in [5.41, 5.74) is 3.54. The second-order valence-electron chi connectivity index (χ2n) is 4.11. The van der Waals surface area contributed by atoms with E-state index in [0.29, 0.717) is 0 Å². The summed E-state index contributed by atoms with van der Waals surface area (Å²) in [5, 5.41) is 10.1. The van der Waals surface area contributed by atoms with Crippen LogP contribution in [0.15, 0.2) is 24.8 Å². The van der Waals surface area contributed by atoms with E-state index in [-0.39, 0.29) is 0 Å². The van der Waals surface area contributed by atoms with Gasteiger partial charge in [0.05, 0.1) is 0 Å². The normalized spacial score (nSPS) is 14.9. The number of hydrogen-bond donors (Lipinski definition) is 1. The fourth-order valence-electron chi connectivity index (χ4n) is 1.68. The quantitative estimate of drug-likeness (QED) is 0.711. The minimum atomic E-state index is -0.930. The molecule has 1 nitrogen and oxygen atoms in total. The summed E-state index contributed by atoms with van der Waals surface area (Å²) in [6.07, 6.45) is 1.58. The molecule has 1 N–H and O–H groups in total. The first kappa shape index (κ1) is 11.0. The highest BCUT2D eigenvalue weighted by atomic mass is 16.3. The van der Waals surface area contributed by atoms with Crippen molar-refractivity contribution in [3.63, 3.8) is 0 Å². The molecule has 0 saturated heterocycles. The maximum atomic E-state index is 10.1. The van der Waals surface area contributed by atoms with E-state index in [1.54, 1.807) is 13.0 Å². The molecule has 1 aromatic carbocycles. The van der Waals surface area contributed by atoms with Crippen LogP contribution in [-0.4, -0.2) is 5.11 Å². The first-order chi connectivity index (χ1) is 6.38.